The Morgan fingerprint density at radius 2 is 0.542 bits per heavy atom. The van der Waals surface area contributed by atoms with Gasteiger partial charge in [-0.1, -0.05) is 245 Å². The molecule has 0 fully saturated rings. The monoisotopic (exact) mass is 997 g/mol. The molecule has 6 heteroatoms. The molecule has 0 bridgehead atoms. The molecule has 0 aliphatic rings. The van der Waals surface area contributed by atoms with Crippen molar-refractivity contribution >= 4 is 17.9 Å². The molecular formula is C66H108O6. The van der Waals surface area contributed by atoms with Crippen LogP contribution in [0, 0.1) is 0 Å². The standard InChI is InChI=1S/C66H108O6/c1-4-7-10-13-15-17-19-21-23-25-26-27-28-29-30-31-32-33-34-35-36-37-38-39-40-41-43-44-46-48-50-53-56-59-65(68)71-62-63(61-70-64(67)58-55-52-12-9-6-3)72-66(69)60-57-54-51-49-47-45-42-24-22-20-18-16-14-11-8-5-2/h7,10,15,17,21,23-24,26-27,29-30,32-33,35-36,38-39,41-43,63H,4-6,8-9,11-14,16,18-20,22,25,28,31,34,37,40,44-62H2,1-3H3/b10-7-,17-15-,23-21-,27-26-,30-29-,33-32-,36-35-,39-38-,42-24-,43-41-. The maximum Gasteiger partial charge on any atom is 0.306 e. The van der Waals surface area contributed by atoms with Crippen LogP contribution < -0.4 is 0 Å². The van der Waals surface area contributed by atoms with Gasteiger partial charge < -0.3 is 14.2 Å². The van der Waals surface area contributed by atoms with E-state index in [4.69, 9.17) is 14.2 Å². The fourth-order valence-corrected chi connectivity index (χ4v) is 7.78. The quantitative estimate of drug-likeness (QED) is 0.0261. The van der Waals surface area contributed by atoms with E-state index in [1.807, 2.05) is 0 Å². The Balaban J connectivity index is 4.14. The van der Waals surface area contributed by atoms with Gasteiger partial charge in [-0.25, -0.2) is 0 Å². The first kappa shape index (κ1) is 67.8. The molecule has 1 atom stereocenters. The SMILES string of the molecule is CC/C=C\C/C=C\C/C=C\C/C=C\C/C=C\C/C=C\C/C=C\C/C=C\C/C=C\CCCCCCCC(=O)OCC(COC(=O)CCCCCCC)OC(=O)CCCCCCC/C=C\CCCCCCCCC. The fraction of sp³-hybridized carbons (Fsp3) is 0.652. The molecule has 0 saturated heterocycles. The Morgan fingerprint density at radius 3 is 0.861 bits per heavy atom. The number of ether oxygens (including phenoxy) is 3. The van der Waals surface area contributed by atoms with Crippen molar-refractivity contribution in [2.45, 2.75) is 264 Å². The third-order valence-corrected chi connectivity index (χ3v) is 12.2. The van der Waals surface area contributed by atoms with E-state index < -0.39 is 6.10 Å². The maximum atomic E-state index is 12.8. The summed E-state index contributed by atoms with van der Waals surface area (Å²) in [5.41, 5.74) is 0. The zero-order valence-corrected chi connectivity index (χ0v) is 46.7. The van der Waals surface area contributed by atoms with Crippen molar-refractivity contribution in [2.75, 3.05) is 13.2 Å². The van der Waals surface area contributed by atoms with Crippen molar-refractivity contribution in [1.82, 2.24) is 0 Å². The van der Waals surface area contributed by atoms with E-state index in [0.29, 0.717) is 19.3 Å². The molecular weight excluding hydrogens is 889 g/mol. The topological polar surface area (TPSA) is 78.9 Å². The minimum absolute atomic E-state index is 0.0896. The zero-order valence-electron chi connectivity index (χ0n) is 46.7. The van der Waals surface area contributed by atoms with Crippen LogP contribution in [0.1, 0.15) is 258 Å². The Hall–Kier alpha value is -4.19. The highest BCUT2D eigenvalue weighted by atomic mass is 16.6. The molecule has 0 heterocycles. The Labute approximate surface area is 443 Å². The summed E-state index contributed by atoms with van der Waals surface area (Å²) in [7, 11) is 0. The molecule has 0 spiro atoms. The van der Waals surface area contributed by atoms with Crippen LogP contribution in [0.2, 0.25) is 0 Å². The number of unbranched alkanes of at least 4 members (excludes halogenated alkanes) is 21. The molecule has 0 saturated carbocycles. The lowest BCUT2D eigenvalue weighted by atomic mass is 10.1. The average molecular weight is 998 g/mol. The van der Waals surface area contributed by atoms with Gasteiger partial charge in [0, 0.05) is 19.3 Å². The first-order valence-corrected chi connectivity index (χ1v) is 29.5. The van der Waals surface area contributed by atoms with Gasteiger partial charge >= 0.3 is 17.9 Å². The summed E-state index contributed by atoms with van der Waals surface area (Å²) in [6.07, 6.45) is 82.4. The molecule has 0 aliphatic carbocycles. The predicted octanol–water partition coefficient (Wildman–Crippen LogP) is 20.0. The maximum absolute atomic E-state index is 12.8. The normalized spacial score (nSPS) is 13.0. The molecule has 0 amide bonds. The summed E-state index contributed by atoms with van der Waals surface area (Å²) in [6.45, 7) is 6.41. The molecule has 0 aromatic carbocycles. The van der Waals surface area contributed by atoms with Crippen LogP contribution in [0.3, 0.4) is 0 Å². The molecule has 0 aromatic heterocycles. The van der Waals surface area contributed by atoms with Gasteiger partial charge in [0.1, 0.15) is 13.2 Å². The van der Waals surface area contributed by atoms with E-state index in [1.165, 1.54) is 64.2 Å². The summed E-state index contributed by atoms with van der Waals surface area (Å²) in [6, 6.07) is 0. The molecule has 0 radical (unpaired) electrons. The first-order valence-electron chi connectivity index (χ1n) is 29.5. The molecule has 0 aromatic rings. The van der Waals surface area contributed by atoms with Crippen LogP contribution in [0.4, 0.5) is 0 Å². The average Bonchev–Trinajstić information content (AvgIpc) is 3.38. The highest BCUT2D eigenvalue weighted by Gasteiger charge is 2.19. The summed E-state index contributed by atoms with van der Waals surface area (Å²) < 4.78 is 16.7. The van der Waals surface area contributed by atoms with Gasteiger partial charge in [0.15, 0.2) is 6.10 Å². The number of carbonyl (C=O) groups excluding carboxylic acids is 3. The van der Waals surface area contributed by atoms with Gasteiger partial charge in [0.25, 0.3) is 0 Å². The number of allylic oxidation sites excluding steroid dienone is 20. The van der Waals surface area contributed by atoms with E-state index in [0.717, 1.165) is 154 Å². The molecule has 0 aliphatic heterocycles. The lowest BCUT2D eigenvalue weighted by Gasteiger charge is -2.18. The van der Waals surface area contributed by atoms with Gasteiger partial charge in [-0.15, -0.1) is 0 Å². The van der Waals surface area contributed by atoms with Crippen LogP contribution >= 0.6 is 0 Å². The van der Waals surface area contributed by atoms with Crippen molar-refractivity contribution in [1.29, 1.82) is 0 Å². The van der Waals surface area contributed by atoms with Crippen molar-refractivity contribution < 1.29 is 28.6 Å². The molecule has 0 N–H and O–H groups in total. The van der Waals surface area contributed by atoms with Gasteiger partial charge in [-0.05, 0) is 116 Å². The van der Waals surface area contributed by atoms with Crippen LogP contribution in [0.15, 0.2) is 122 Å². The Kier molecular flexibility index (Phi) is 55.9. The highest BCUT2D eigenvalue weighted by Crippen LogP contribution is 2.14. The summed E-state index contributed by atoms with van der Waals surface area (Å²) in [5.74, 6) is -0.934. The third kappa shape index (κ3) is 56.7. The number of carbonyl (C=O) groups is 3. The second-order valence-electron chi connectivity index (χ2n) is 19.2. The van der Waals surface area contributed by atoms with Crippen molar-refractivity contribution in [3.8, 4) is 0 Å². The van der Waals surface area contributed by atoms with Crippen LogP contribution in [-0.2, 0) is 28.6 Å². The first-order chi connectivity index (χ1) is 35.5. The fourth-order valence-electron chi connectivity index (χ4n) is 7.78. The Bertz CT molecular complexity index is 1520. The minimum Gasteiger partial charge on any atom is -0.462 e. The highest BCUT2D eigenvalue weighted by molar-refractivity contribution is 5.71. The minimum atomic E-state index is -0.789. The second kappa shape index (κ2) is 59.4. The molecule has 72 heavy (non-hydrogen) atoms. The second-order valence-corrected chi connectivity index (χ2v) is 19.2. The van der Waals surface area contributed by atoms with E-state index in [-0.39, 0.29) is 31.1 Å². The summed E-state index contributed by atoms with van der Waals surface area (Å²) in [5, 5.41) is 0. The smallest absolute Gasteiger partial charge is 0.306 e. The molecule has 408 valence electrons. The van der Waals surface area contributed by atoms with E-state index in [1.54, 1.807) is 0 Å². The lowest BCUT2D eigenvalue weighted by Crippen LogP contribution is -2.30. The van der Waals surface area contributed by atoms with Gasteiger partial charge in [0.05, 0.1) is 0 Å². The van der Waals surface area contributed by atoms with E-state index in [9.17, 15) is 14.4 Å². The summed E-state index contributed by atoms with van der Waals surface area (Å²) >= 11 is 0. The zero-order chi connectivity index (χ0) is 52.2. The van der Waals surface area contributed by atoms with E-state index in [2.05, 4.69) is 142 Å². The summed E-state index contributed by atoms with van der Waals surface area (Å²) in [4.78, 5) is 37.8. The largest absolute Gasteiger partial charge is 0.462 e. The predicted molar refractivity (Wildman–Crippen MR) is 311 cm³/mol. The van der Waals surface area contributed by atoms with Crippen LogP contribution in [0.5, 0.6) is 0 Å². The van der Waals surface area contributed by atoms with E-state index >= 15 is 0 Å². The lowest BCUT2D eigenvalue weighted by molar-refractivity contribution is -0.167. The van der Waals surface area contributed by atoms with Crippen molar-refractivity contribution in [2.24, 2.45) is 0 Å². The number of hydrogen-bond acceptors (Lipinski definition) is 6. The van der Waals surface area contributed by atoms with Gasteiger partial charge in [0.2, 0.25) is 0 Å². The molecule has 0 rings (SSSR count). The molecule has 1 unspecified atom stereocenters. The third-order valence-electron chi connectivity index (χ3n) is 12.2. The number of rotatable bonds is 52. The molecule has 6 nitrogen and oxygen atoms in total. The van der Waals surface area contributed by atoms with Gasteiger partial charge in [-0.3, -0.25) is 14.4 Å². The van der Waals surface area contributed by atoms with Crippen LogP contribution in [0.25, 0.3) is 0 Å². The van der Waals surface area contributed by atoms with Crippen LogP contribution in [-0.4, -0.2) is 37.2 Å². The Morgan fingerprint density at radius 1 is 0.292 bits per heavy atom. The number of esters is 3. The van der Waals surface area contributed by atoms with Gasteiger partial charge in [-0.2, -0.15) is 0 Å². The van der Waals surface area contributed by atoms with Crippen molar-refractivity contribution in [3.05, 3.63) is 122 Å². The number of hydrogen-bond donors (Lipinski definition) is 0. The van der Waals surface area contributed by atoms with Crippen molar-refractivity contribution in [3.63, 3.8) is 0 Å².